The molecule has 2 rings (SSSR count). The van der Waals surface area contributed by atoms with Gasteiger partial charge in [-0.2, -0.15) is 0 Å². The second-order valence-electron chi connectivity index (χ2n) is 4.60. The first-order valence-electron chi connectivity index (χ1n) is 6.81. The summed E-state index contributed by atoms with van der Waals surface area (Å²) in [7, 11) is -3.58. The molecule has 0 radical (unpaired) electrons. The van der Waals surface area contributed by atoms with Crippen molar-refractivity contribution in [3.63, 3.8) is 0 Å². The van der Waals surface area contributed by atoms with Crippen LogP contribution in [0.1, 0.15) is 24.6 Å². The van der Waals surface area contributed by atoms with Gasteiger partial charge in [-0.1, -0.05) is 30.3 Å². The Bertz CT molecular complexity index is 654. The second-order valence-corrected chi connectivity index (χ2v) is 6.34. The van der Waals surface area contributed by atoms with E-state index in [-0.39, 0.29) is 11.4 Å². The number of hydrogen-bond acceptors (Lipinski definition) is 5. The highest BCUT2D eigenvalue weighted by Gasteiger charge is 2.17. The molecule has 0 unspecified atom stereocenters. The summed E-state index contributed by atoms with van der Waals surface area (Å²) in [6.45, 7) is 3.54. The normalized spacial score (nSPS) is 11.7. The zero-order valence-corrected chi connectivity index (χ0v) is 12.7. The van der Waals surface area contributed by atoms with Crippen LogP contribution in [0.15, 0.2) is 46.0 Å². The molecule has 0 aliphatic carbocycles. The van der Waals surface area contributed by atoms with Crippen LogP contribution in [0.2, 0.25) is 0 Å². The molecule has 1 aromatic carbocycles. The van der Waals surface area contributed by atoms with Gasteiger partial charge >= 0.3 is 0 Å². The number of hydrogen-bond donors (Lipinski definition) is 2. The molecule has 0 aliphatic heterocycles. The SMILES string of the molecule is CCCNCc1ccccc1S(=O)(=O)NCc1ccon1. The number of rotatable bonds is 8. The predicted octanol–water partition coefficient (Wildman–Crippen LogP) is 1.65. The van der Waals surface area contributed by atoms with E-state index in [1.165, 1.54) is 6.26 Å². The number of nitrogens with one attached hydrogen (secondary N) is 2. The van der Waals surface area contributed by atoms with Crippen molar-refractivity contribution in [3.8, 4) is 0 Å². The molecule has 0 bridgehead atoms. The molecule has 1 heterocycles. The third-order valence-corrected chi connectivity index (χ3v) is 4.44. The maximum Gasteiger partial charge on any atom is 0.241 e. The molecule has 0 aliphatic rings. The molecule has 7 heteroatoms. The van der Waals surface area contributed by atoms with Crippen LogP contribution in [0.5, 0.6) is 0 Å². The molecule has 2 aromatic rings. The van der Waals surface area contributed by atoms with Crippen LogP contribution >= 0.6 is 0 Å². The summed E-state index contributed by atoms with van der Waals surface area (Å²) in [6, 6.07) is 8.59. The highest BCUT2D eigenvalue weighted by molar-refractivity contribution is 7.89. The van der Waals surface area contributed by atoms with Gasteiger partial charge in [-0.05, 0) is 24.6 Å². The average molecular weight is 309 g/mol. The molecular weight excluding hydrogens is 290 g/mol. The van der Waals surface area contributed by atoms with Crippen molar-refractivity contribution in [1.29, 1.82) is 0 Å². The Balaban J connectivity index is 2.11. The van der Waals surface area contributed by atoms with Crippen LogP contribution in [0.25, 0.3) is 0 Å². The molecule has 0 spiro atoms. The summed E-state index contributed by atoms with van der Waals surface area (Å²) in [5.41, 5.74) is 1.29. The molecule has 1 aromatic heterocycles. The zero-order valence-electron chi connectivity index (χ0n) is 11.9. The maximum atomic E-state index is 12.4. The van der Waals surface area contributed by atoms with Gasteiger partial charge in [0.1, 0.15) is 6.26 Å². The molecule has 21 heavy (non-hydrogen) atoms. The first-order chi connectivity index (χ1) is 10.1. The largest absolute Gasteiger partial charge is 0.364 e. The summed E-state index contributed by atoms with van der Waals surface area (Å²) in [4.78, 5) is 0.289. The van der Waals surface area contributed by atoms with Crippen LogP contribution in [0.3, 0.4) is 0 Å². The van der Waals surface area contributed by atoms with Crippen LogP contribution < -0.4 is 10.0 Å². The predicted molar refractivity (Wildman–Crippen MR) is 79.0 cm³/mol. The quantitative estimate of drug-likeness (QED) is 0.724. The topological polar surface area (TPSA) is 84.2 Å². The van der Waals surface area contributed by atoms with E-state index in [2.05, 4.69) is 26.6 Å². The third kappa shape index (κ3) is 4.38. The smallest absolute Gasteiger partial charge is 0.241 e. The van der Waals surface area contributed by atoms with Crippen molar-refractivity contribution in [1.82, 2.24) is 15.2 Å². The van der Waals surface area contributed by atoms with Crippen LogP contribution in [-0.4, -0.2) is 20.1 Å². The minimum absolute atomic E-state index is 0.107. The van der Waals surface area contributed by atoms with Crippen molar-refractivity contribution in [2.24, 2.45) is 0 Å². The Morgan fingerprint density at radius 1 is 1.19 bits per heavy atom. The fourth-order valence-corrected chi connectivity index (χ4v) is 3.12. The maximum absolute atomic E-state index is 12.4. The lowest BCUT2D eigenvalue weighted by Crippen LogP contribution is -2.25. The molecule has 2 N–H and O–H groups in total. The molecule has 0 saturated heterocycles. The molecule has 0 amide bonds. The highest BCUT2D eigenvalue weighted by Crippen LogP contribution is 2.15. The van der Waals surface area contributed by atoms with Gasteiger partial charge in [0.05, 0.1) is 17.1 Å². The highest BCUT2D eigenvalue weighted by atomic mass is 32.2. The Kier molecular flexibility index (Phi) is 5.49. The van der Waals surface area contributed by atoms with Gasteiger partial charge in [-0.3, -0.25) is 0 Å². The summed E-state index contributed by atoms with van der Waals surface area (Å²) in [6.07, 6.45) is 2.41. The average Bonchev–Trinajstić information content (AvgIpc) is 2.99. The van der Waals surface area contributed by atoms with Gasteiger partial charge in [0.25, 0.3) is 0 Å². The molecule has 0 atom stereocenters. The Hall–Kier alpha value is -1.70. The number of aromatic nitrogens is 1. The lowest BCUT2D eigenvalue weighted by molar-refractivity contribution is 0.411. The molecule has 6 nitrogen and oxygen atoms in total. The fraction of sp³-hybridized carbons (Fsp3) is 0.357. The minimum atomic E-state index is -3.58. The summed E-state index contributed by atoms with van der Waals surface area (Å²) in [5, 5.41) is 6.90. The lowest BCUT2D eigenvalue weighted by atomic mass is 10.2. The van der Waals surface area contributed by atoms with E-state index < -0.39 is 10.0 Å². The van der Waals surface area contributed by atoms with Crippen molar-refractivity contribution in [2.45, 2.75) is 31.3 Å². The van der Waals surface area contributed by atoms with Gasteiger partial charge in [0, 0.05) is 12.6 Å². The van der Waals surface area contributed by atoms with Crippen molar-refractivity contribution in [2.75, 3.05) is 6.54 Å². The van der Waals surface area contributed by atoms with E-state index in [0.717, 1.165) is 18.5 Å². The summed E-state index contributed by atoms with van der Waals surface area (Å²) >= 11 is 0. The molecule has 0 fully saturated rings. The van der Waals surface area contributed by atoms with Crippen molar-refractivity contribution >= 4 is 10.0 Å². The van der Waals surface area contributed by atoms with Gasteiger partial charge in [0.2, 0.25) is 10.0 Å². The Morgan fingerprint density at radius 2 is 2.00 bits per heavy atom. The number of sulfonamides is 1. The first-order valence-corrected chi connectivity index (χ1v) is 8.29. The van der Waals surface area contributed by atoms with Gasteiger partial charge in [-0.25, -0.2) is 13.1 Å². The van der Waals surface area contributed by atoms with E-state index in [0.29, 0.717) is 12.2 Å². The van der Waals surface area contributed by atoms with E-state index >= 15 is 0 Å². The van der Waals surface area contributed by atoms with Gasteiger partial charge in [0.15, 0.2) is 0 Å². The van der Waals surface area contributed by atoms with E-state index in [9.17, 15) is 8.42 Å². The Labute approximate surface area is 124 Å². The fourth-order valence-electron chi connectivity index (χ4n) is 1.89. The summed E-state index contributed by atoms with van der Waals surface area (Å²) in [5.74, 6) is 0. The van der Waals surface area contributed by atoms with Gasteiger partial charge in [-0.15, -0.1) is 0 Å². The van der Waals surface area contributed by atoms with Crippen molar-refractivity contribution < 1.29 is 12.9 Å². The van der Waals surface area contributed by atoms with E-state index in [4.69, 9.17) is 0 Å². The van der Waals surface area contributed by atoms with Gasteiger partial charge < -0.3 is 9.84 Å². The monoisotopic (exact) mass is 309 g/mol. The third-order valence-electron chi connectivity index (χ3n) is 2.94. The van der Waals surface area contributed by atoms with E-state index in [1.807, 2.05) is 12.1 Å². The van der Waals surface area contributed by atoms with E-state index in [1.54, 1.807) is 18.2 Å². The zero-order chi connectivity index (χ0) is 15.1. The van der Waals surface area contributed by atoms with Crippen LogP contribution in [0.4, 0.5) is 0 Å². The molecule has 114 valence electrons. The Morgan fingerprint density at radius 3 is 2.71 bits per heavy atom. The second kappa shape index (κ2) is 7.35. The standard InChI is InChI=1S/C14H19N3O3S/c1-2-8-15-10-12-5-3-4-6-14(12)21(18,19)16-11-13-7-9-20-17-13/h3-7,9,15-16H,2,8,10-11H2,1H3. The summed E-state index contributed by atoms with van der Waals surface area (Å²) < 4.78 is 32.0. The van der Waals surface area contributed by atoms with Crippen LogP contribution in [-0.2, 0) is 23.1 Å². The molecular formula is C14H19N3O3S. The van der Waals surface area contributed by atoms with Crippen molar-refractivity contribution in [3.05, 3.63) is 47.9 Å². The molecule has 0 saturated carbocycles. The minimum Gasteiger partial charge on any atom is -0.364 e. The number of nitrogens with zero attached hydrogens (tertiary/aromatic N) is 1. The van der Waals surface area contributed by atoms with Crippen LogP contribution in [0, 0.1) is 0 Å². The first kappa shape index (κ1) is 15.7. The number of benzene rings is 1. The lowest BCUT2D eigenvalue weighted by Gasteiger charge is -2.11.